The van der Waals surface area contributed by atoms with Gasteiger partial charge in [-0.1, -0.05) is 127 Å². The van der Waals surface area contributed by atoms with Crippen LogP contribution in [-0.2, 0) is 0 Å². The number of fused-ring (bicyclic) bond motifs is 7. The molecule has 0 N–H and O–H groups in total. The second-order valence-corrected chi connectivity index (χ2v) is 15.3. The summed E-state index contributed by atoms with van der Waals surface area (Å²) in [6.45, 7) is 0. The summed E-state index contributed by atoms with van der Waals surface area (Å²) >= 11 is 1.87. The molecule has 11 aromatic rings. The van der Waals surface area contributed by atoms with Gasteiger partial charge in [0.15, 0.2) is 0 Å². The summed E-state index contributed by atoms with van der Waals surface area (Å²) in [6.07, 6.45) is 0. The molecular weight excluding hydrogens is 685 g/mol. The van der Waals surface area contributed by atoms with Gasteiger partial charge in [-0.05, 0) is 112 Å². The highest BCUT2D eigenvalue weighted by atomic mass is 32.1. The molecule has 0 aliphatic rings. The Kier molecular flexibility index (Phi) is 7.39. The molecule has 9 aromatic carbocycles. The molecule has 2 heterocycles. The molecule has 0 fully saturated rings. The zero-order valence-corrected chi connectivity index (χ0v) is 30.7. The van der Waals surface area contributed by atoms with E-state index in [9.17, 15) is 0 Å². The van der Waals surface area contributed by atoms with Crippen molar-refractivity contribution in [3.8, 4) is 27.9 Å². The van der Waals surface area contributed by atoms with E-state index in [4.69, 9.17) is 0 Å². The third-order valence-corrected chi connectivity index (χ3v) is 12.1. The van der Waals surface area contributed by atoms with Gasteiger partial charge in [0, 0.05) is 53.7 Å². The minimum Gasteiger partial charge on any atom is -0.310 e. The molecule has 2 aromatic heterocycles. The predicted octanol–water partition coefficient (Wildman–Crippen LogP) is 15.1. The maximum atomic E-state index is 2.42. The number of benzene rings is 9. The molecule has 11 rings (SSSR count). The maximum Gasteiger partial charge on any atom is 0.0542 e. The van der Waals surface area contributed by atoms with Crippen LogP contribution in [0, 0.1) is 0 Å². The van der Waals surface area contributed by atoms with Gasteiger partial charge in [0.1, 0.15) is 0 Å². The van der Waals surface area contributed by atoms with Crippen LogP contribution in [0.1, 0.15) is 0 Å². The third-order valence-electron chi connectivity index (χ3n) is 11.0. The molecule has 0 radical (unpaired) electrons. The Labute approximate surface area is 323 Å². The molecule has 0 atom stereocenters. The molecular formula is C52H34N2S. The molecule has 0 aliphatic carbocycles. The molecule has 2 nitrogen and oxygen atoms in total. The number of aromatic nitrogens is 1. The van der Waals surface area contributed by atoms with E-state index in [0.717, 1.165) is 22.7 Å². The van der Waals surface area contributed by atoms with Crippen molar-refractivity contribution >= 4 is 81.1 Å². The van der Waals surface area contributed by atoms with Gasteiger partial charge in [-0.3, -0.25) is 0 Å². The summed E-state index contributed by atoms with van der Waals surface area (Å²) in [5, 5.41) is 7.60. The Bertz CT molecular complexity index is 3180. The lowest BCUT2D eigenvalue weighted by molar-refractivity contribution is 1.18. The second-order valence-electron chi connectivity index (χ2n) is 14.2. The summed E-state index contributed by atoms with van der Waals surface area (Å²) in [7, 11) is 0. The van der Waals surface area contributed by atoms with E-state index in [1.165, 1.54) is 75.0 Å². The van der Waals surface area contributed by atoms with E-state index < -0.39 is 0 Å². The number of thiophene rings is 1. The monoisotopic (exact) mass is 718 g/mol. The fraction of sp³-hybridized carbons (Fsp3) is 0. The van der Waals surface area contributed by atoms with E-state index in [0.29, 0.717) is 0 Å². The highest BCUT2D eigenvalue weighted by molar-refractivity contribution is 7.25. The first-order chi connectivity index (χ1) is 27.2. The molecule has 0 amide bonds. The van der Waals surface area contributed by atoms with Crippen LogP contribution in [-0.4, -0.2) is 4.57 Å². The molecule has 0 saturated carbocycles. The number of anilines is 3. The maximum absolute atomic E-state index is 2.42. The van der Waals surface area contributed by atoms with Crippen LogP contribution in [0.25, 0.3) is 80.7 Å². The molecule has 0 unspecified atom stereocenters. The number of rotatable bonds is 6. The van der Waals surface area contributed by atoms with Gasteiger partial charge in [0.05, 0.1) is 11.0 Å². The Balaban J connectivity index is 1.07. The zero-order chi connectivity index (χ0) is 36.3. The number of hydrogen-bond donors (Lipinski definition) is 0. The molecule has 258 valence electrons. The SMILES string of the molecule is c1ccc(-c2ccc(-c3ccc(N(c4ccc5sc6cc7ccccc7cc6c5c4)c4ccc5c(c4)c4ccccc4n5-c4ccccc4)cc3)cc2)cc1. The van der Waals surface area contributed by atoms with E-state index in [1.807, 2.05) is 11.3 Å². The fourth-order valence-corrected chi connectivity index (χ4v) is 9.40. The summed E-state index contributed by atoms with van der Waals surface area (Å²) in [5.74, 6) is 0. The van der Waals surface area contributed by atoms with Crippen LogP contribution in [0.15, 0.2) is 206 Å². The third kappa shape index (κ3) is 5.40. The van der Waals surface area contributed by atoms with Crippen LogP contribution in [0.4, 0.5) is 17.1 Å². The van der Waals surface area contributed by atoms with Crippen molar-refractivity contribution in [2.75, 3.05) is 4.90 Å². The minimum atomic E-state index is 1.11. The van der Waals surface area contributed by atoms with Gasteiger partial charge in [-0.25, -0.2) is 0 Å². The Morgan fingerprint density at radius 1 is 0.327 bits per heavy atom. The minimum absolute atomic E-state index is 1.11. The Morgan fingerprint density at radius 3 is 1.56 bits per heavy atom. The highest BCUT2D eigenvalue weighted by Gasteiger charge is 2.19. The van der Waals surface area contributed by atoms with Crippen LogP contribution in [0.3, 0.4) is 0 Å². The second kappa shape index (κ2) is 12.9. The van der Waals surface area contributed by atoms with E-state index in [2.05, 4.69) is 216 Å². The Hall–Kier alpha value is -6.94. The van der Waals surface area contributed by atoms with Gasteiger partial charge in [-0.2, -0.15) is 0 Å². The van der Waals surface area contributed by atoms with Gasteiger partial charge < -0.3 is 9.47 Å². The predicted molar refractivity (Wildman–Crippen MR) is 237 cm³/mol. The van der Waals surface area contributed by atoms with Crippen molar-refractivity contribution in [2.45, 2.75) is 0 Å². The lowest BCUT2D eigenvalue weighted by atomic mass is 10.00. The van der Waals surface area contributed by atoms with E-state index in [1.54, 1.807) is 0 Å². The zero-order valence-electron chi connectivity index (χ0n) is 29.9. The van der Waals surface area contributed by atoms with Crippen LogP contribution in [0.5, 0.6) is 0 Å². The fourth-order valence-electron chi connectivity index (χ4n) is 8.28. The van der Waals surface area contributed by atoms with E-state index in [-0.39, 0.29) is 0 Å². The molecule has 3 heteroatoms. The largest absolute Gasteiger partial charge is 0.310 e. The highest BCUT2D eigenvalue weighted by Crippen LogP contribution is 2.44. The van der Waals surface area contributed by atoms with Crippen LogP contribution >= 0.6 is 11.3 Å². The van der Waals surface area contributed by atoms with Crippen molar-refractivity contribution < 1.29 is 0 Å². The van der Waals surface area contributed by atoms with Crippen LogP contribution in [0.2, 0.25) is 0 Å². The van der Waals surface area contributed by atoms with Gasteiger partial charge in [0.25, 0.3) is 0 Å². The lowest BCUT2D eigenvalue weighted by Gasteiger charge is -2.26. The van der Waals surface area contributed by atoms with Crippen molar-refractivity contribution in [1.82, 2.24) is 4.57 Å². The average molecular weight is 719 g/mol. The molecule has 0 aliphatic heterocycles. The van der Waals surface area contributed by atoms with Crippen molar-refractivity contribution in [2.24, 2.45) is 0 Å². The summed E-state index contributed by atoms with van der Waals surface area (Å²) < 4.78 is 4.99. The number of para-hydroxylation sites is 2. The number of hydrogen-bond acceptors (Lipinski definition) is 2. The lowest BCUT2D eigenvalue weighted by Crippen LogP contribution is -2.09. The van der Waals surface area contributed by atoms with Crippen molar-refractivity contribution in [3.05, 3.63) is 206 Å². The molecule has 55 heavy (non-hydrogen) atoms. The topological polar surface area (TPSA) is 8.17 Å². The Morgan fingerprint density at radius 2 is 0.836 bits per heavy atom. The van der Waals surface area contributed by atoms with Crippen molar-refractivity contribution in [1.29, 1.82) is 0 Å². The summed E-state index contributed by atoms with van der Waals surface area (Å²) in [6, 6.07) is 75.2. The normalized spacial score (nSPS) is 11.6. The quantitative estimate of drug-likeness (QED) is 0.166. The number of nitrogens with zero attached hydrogens (tertiary/aromatic N) is 2. The van der Waals surface area contributed by atoms with Crippen LogP contribution < -0.4 is 4.90 Å². The smallest absolute Gasteiger partial charge is 0.0542 e. The average Bonchev–Trinajstić information content (AvgIpc) is 3.78. The molecule has 0 spiro atoms. The summed E-state index contributed by atoms with van der Waals surface area (Å²) in [4.78, 5) is 2.42. The molecule has 0 bridgehead atoms. The first-order valence-electron chi connectivity index (χ1n) is 18.7. The first kappa shape index (κ1) is 31.6. The van der Waals surface area contributed by atoms with Crippen molar-refractivity contribution in [3.63, 3.8) is 0 Å². The summed E-state index contributed by atoms with van der Waals surface area (Å²) in [5.41, 5.74) is 11.8. The molecule has 0 saturated heterocycles. The standard InChI is InChI=1S/C52H34N2S/c1-3-11-35(12-4-1)36-19-21-37(22-20-36)38-23-25-42(26-24-38)53(44-28-30-51-48(34-44)47-31-39-13-7-8-14-40(39)32-52(47)55-51)43-27-29-50-46(33-43)45-17-9-10-18-49(45)54(50)41-15-5-2-6-16-41/h1-34H. The van der Waals surface area contributed by atoms with Gasteiger partial charge >= 0.3 is 0 Å². The van der Waals surface area contributed by atoms with E-state index >= 15 is 0 Å². The van der Waals surface area contributed by atoms with Gasteiger partial charge in [-0.15, -0.1) is 11.3 Å². The van der Waals surface area contributed by atoms with Gasteiger partial charge in [0.2, 0.25) is 0 Å². The first-order valence-corrected chi connectivity index (χ1v) is 19.6.